The fourth-order valence-electron chi connectivity index (χ4n) is 2.23. The summed E-state index contributed by atoms with van der Waals surface area (Å²) in [7, 11) is 3.37. The highest BCUT2D eigenvalue weighted by molar-refractivity contribution is 6.30. The molecule has 0 bridgehead atoms. The molecule has 1 saturated heterocycles. The monoisotopic (exact) mass is 310 g/mol. The Balaban J connectivity index is 2.10. The summed E-state index contributed by atoms with van der Waals surface area (Å²) in [4.78, 5) is 27.6. The Morgan fingerprint density at radius 2 is 2.19 bits per heavy atom. The van der Waals surface area contributed by atoms with E-state index in [0.29, 0.717) is 30.3 Å². The van der Waals surface area contributed by atoms with Gasteiger partial charge >= 0.3 is 6.03 Å². The average Bonchev–Trinajstić information content (AvgIpc) is 2.46. The van der Waals surface area contributed by atoms with E-state index in [0.717, 1.165) is 0 Å². The smallest absolute Gasteiger partial charge is 0.322 e. The zero-order chi connectivity index (χ0) is 15.4. The van der Waals surface area contributed by atoms with Gasteiger partial charge in [-0.25, -0.2) is 4.79 Å². The van der Waals surface area contributed by atoms with Crippen LogP contribution in [0.25, 0.3) is 0 Å². The number of nitrogens with zero attached hydrogens (tertiary/aromatic N) is 2. The molecule has 7 heteroatoms. The van der Waals surface area contributed by atoms with Gasteiger partial charge in [-0.1, -0.05) is 17.7 Å². The minimum Gasteiger partial charge on any atom is -0.347 e. The van der Waals surface area contributed by atoms with Gasteiger partial charge in [0, 0.05) is 44.4 Å². The first-order valence-corrected chi connectivity index (χ1v) is 7.12. The molecular formula is C14H19ClN4O2. The van der Waals surface area contributed by atoms with Gasteiger partial charge < -0.3 is 20.4 Å². The van der Waals surface area contributed by atoms with Crippen molar-refractivity contribution in [3.05, 3.63) is 29.3 Å². The maximum atomic E-state index is 12.4. The molecule has 2 rings (SSSR count). The summed E-state index contributed by atoms with van der Waals surface area (Å²) in [6, 6.07) is 6.14. The van der Waals surface area contributed by atoms with Crippen LogP contribution in [0.1, 0.15) is 0 Å². The zero-order valence-corrected chi connectivity index (χ0v) is 12.9. The van der Waals surface area contributed by atoms with E-state index in [1.54, 1.807) is 43.3 Å². The number of halogens is 1. The molecule has 1 heterocycles. The third kappa shape index (κ3) is 3.86. The molecule has 6 nitrogen and oxygen atoms in total. The summed E-state index contributed by atoms with van der Waals surface area (Å²) >= 11 is 5.90. The second-order valence-corrected chi connectivity index (χ2v) is 5.52. The quantitative estimate of drug-likeness (QED) is 0.863. The molecule has 114 valence electrons. The van der Waals surface area contributed by atoms with Crippen molar-refractivity contribution in [1.29, 1.82) is 0 Å². The van der Waals surface area contributed by atoms with E-state index < -0.39 is 6.04 Å². The van der Waals surface area contributed by atoms with Crippen LogP contribution in [-0.2, 0) is 4.79 Å². The molecule has 1 aromatic rings. The van der Waals surface area contributed by atoms with Crippen LogP contribution in [0.15, 0.2) is 24.3 Å². The van der Waals surface area contributed by atoms with Gasteiger partial charge in [-0.3, -0.25) is 4.79 Å². The van der Waals surface area contributed by atoms with Crippen molar-refractivity contribution < 1.29 is 9.59 Å². The summed E-state index contributed by atoms with van der Waals surface area (Å²) in [6.45, 7) is 1.61. The minimum absolute atomic E-state index is 0.0940. The Morgan fingerprint density at radius 1 is 1.43 bits per heavy atom. The molecular weight excluding hydrogens is 292 g/mol. The summed E-state index contributed by atoms with van der Waals surface area (Å²) in [5.41, 5.74) is 0.613. The number of nitrogens with one attached hydrogen (secondary N) is 2. The number of piperazine rings is 1. The molecule has 1 aliphatic heterocycles. The lowest BCUT2D eigenvalue weighted by Crippen LogP contribution is -2.60. The SMILES string of the molecule is CN(C)C(=O)C1CNCCN1C(=O)Nc1cccc(Cl)c1. The normalized spacial score (nSPS) is 18.2. The zero-order valence-electron chi connectivity index (χ0n) is 12.1. The number of benzene rings is 1. The van der Waals surface area contributed by atoms with Crippen LogP contribution in [0.3, 0.4) is 0 Å². The molecule has 0 aliphatic carbocycles. The van der Waals surface area contributed by atoms with E-state index >= 15 is 0 Å². The number of hydrogen-bond acceptors (Lipinski definition) is 3. The molecule has 1 aliphatic rings. The Hall–Kier alpha value is -1.79. The third-order valence-electron chi connectivity index (χ3n) is 3.31. The highest BCUT2D eigenvalue weighted by Gasteiger charge is 2.33. The molecule has 0 spiro atoms. The highest BCUT2D eigenvalue weighted by Crippen LogP contribution is 2.16. The second kappa shape index (κ2) is 6.78. The van der Waals surface area contributed by atoms with E-state index in [1.807, 2.05) is 0 Å². The molecule has 0 radical (unpaired) electrons. The van der Waals surface area contributed by atoms with Crippen molar-refractivity contribution in [3.8, 4) is 0 Å². The van der Waals surface area contributed by atoms with Crippen LogP contribution in [0.5, 0.6) is 0 Å². The third-order valence-corrected chi connectivity index (χ3v) is 3.54. The predicted molar refractivity (Wildman–Crippen MR) is 82.5 cm³/mol. The first-order valence-electron chi connectivity index (χ1n) is 6.74. The molecule has 0 aromatic heterocycles. The molecule has 0 saturated carbocycles. The van der Waals surface area contributed by atoms with Crippen molar-refractivity contribution in [2.24, 2.45) is 0 Å². The van der Waals surface area contributed by atoms with Crippen LogP contribution in [0.4, 0.5) is 10.5 Å². The van der Waals surface area contributed by atoms with Crippen LogP contribution < -0.4 is 10.6 Å². The summed E-state index contributed by atoms with van der Waals surface area (Å²) < 4.78 is 0. The van der Waals surface area contributed by atoms with Crippen molar-refractivity contribution in [3.63, 3.8) is 0 Å². The maximum absolute atomic E-state index is 12.4. The summed E-state index contributed by atoms with van der Waals surface area (Å²) in [5, 5.41) is 6.47. The fraction of sp³-hybridized carbons (Fsp3) is 0.429. The van der Waals surface area contributed by atoms with Gasteiger partial charge in [0.25, 0.3) is 0 Å². The Morgan fingerprint density at radius 3 is 2.86 bits per heavy atom. The number of carbonyl (C=O) groups is 2. The fourth-order valence-corrected chi connectivity index (χ4v) is 2.42. The lowest BCUT2D eigenvalue weighted by atomic mass is 10.2. The number of hydrogen-bond donors (Lipinski definition) is 2. The largest absolute Gasteiger partial charge is 0.347 e. The van der Waals surface area contributed by atoms with Gasteiger partial charge in [0.05, 0.1) is 0 Å². The number of carbonyl (C=O) groups excluding carboxylic acids is 2. The molecule has 1 aromatic carbocycles. The van der Waals surface area contributed by atoms with E-state index in [4.69, 9.17) is 11.6 Å². The molecule has 1 unspecified atom stereocenters. The molecule has 2 N–H and O–H groups in total. The molecule has 1 atom stereocenters. The number of rotatable bonds is 2. The van der Waals surface area contributed by atoms with E-state index in [2.05, 4.69) is 10.6 Å². The van der Waals surface area contributed by atoms with E-state index in [1.165, 1.54) is 4.90 Å². The number of anilines is 1. The van der Waals surface area contributed by atoms with Gasteiger partial charge in [0.2, 0.25) is 5.91 Å². The number of amides is 3. The lowest BCUT2D eigenvalue weighted by molar-refractivity contribution is -0.133. The van der Waals surface area contributed by atoms with Gasteiger partial charge in [0.1, 0.15) is 6.04 Å². The van der Waals surface area contributed by atoms with Crippen molar-refractivity contribution in [1.82, 2.24) is 15.1 Å². The molecule has 1 fully saturated rings. The van der Waals surface area contributed by atoms with E-state index in [-0.39, 0.29) is 11.9 Å². The topological polar surface area (TPSA) is 64.7 Å². The number of urea groups is 1. The Labute approximate surface area is 129 Å². The first kappa shape index (κ1) is 15.6. The molecule has 3 amide bonds. The van der Waals surface area contributed by atoms with Crippen molar-refractivity contribution in [2.45, 2.75) is 6.04 Å². The summed E-state index contributed by atoms with van der Waals surface area (Å²) in [5.74, 6) is -0.0940. The van der Waals surface area contributed by atoms with Gasteiger partial charge in [-0.2, -0.15) is 0 Å². The first-order chi connectivity index (χ1) is 9.99. The standard InChI is InChI=1S/C14H19ClN4O2/c1-18(2)13(20)12-9-16-6-7-19(12)14(21)17-11-5-3-4-10(15)8-11/h3-5,8,12,16H,6-7,9H2,1-2H3,(H,17,21). The molecule has 21 heavy (non-hydrogen) atoms. The van der Waals surface area contributed by atoms with Gasteiger partial charge in [-0.05, 0) is 18.2 Å². The Bertz CT molecular complexity index is 535. The Kier molecular flexibility index (Phi) is 5.03. The lowest BCUT2D eigenvalue weighted by Gasteiger charge is -2.36. The highest BCUT2D eigenvalue weighted by atomic mass is 35.5. The average molecular weight is 311 g/mol. The van der Waals surface area contributed by atoms with Crippen LogP contribution in [0, 0.1) is 0 Å². The van der Waals surface area contributed by atoms with Crippen molar-refractivity contribution >= 4 is 29.2 Å². The van der Waals surface area contributed by atoms with Gasteiger partial charge in [-0.15, -0.1) is 0 Å². The van der Waals surface area contributed by atoms with Crippen LogP contribution in [0.2, 0.25) is 5.02 Å². The maximum Gasteiger partial charge on any atom is 0.322 e. The van der Waals surface area contributed by atoms with Crippen LogP contribution in [-0.4, -0.2) is 61.5 Å². The van der Waals surface area contributed by atoms with Gasteiger partial charge in [0.15, 0.2) is 0 Å². The van der Waals surface area contributed by atoms with Crippen LogP contribution >= 0.6 is 11.6 Å². The minimum atomic E-state index is -0.493. The predicted octanol–water partition coefficient (Wildman–Crippen LogP) is 1.23. The second-order valence-electron chi connectivity index (χ2n) is 5.09. The van der Waals surface area contributed by atoms with E-state index in [9.17, 15) is 9.59 Å². The van der Waals surface area contributed by atoms with Crippen molar-refractivity contribution in [2.75, 3.05) is 39.0 Å². The number of likely N-dealkylation sites (N-methyl/N-ethyl adjacent to an activating group) is 1. The summed E-state index contributed by atoms with van der Waals surface area (Å²) in [6.07, 6.45) is 0.